The van der Waals surface area contributed by atoms with Crippen LogP contribution in [-0.4, -0.2) is 118 Å². The molecule has 0 aliphatic carbocycles. The van der Waals surface area contributed by atoms with E-state index in [-0.39, 0.29) is 74.2 Å². The molecule has 6 rings (SSSR count). The zero-order valence-corrected chi connectivity index (χ0v) is 37.3. The van der Waals surface area contributed by atoms with Crippen LogP contribution in [0.5, 0.6) is 28.7 Å². The van der Waals surface area contributed by atoms with Crippen LogP contribution in [-0.2, 0) is 33.5 Å². The second kappa shape index (κ2) is 22.7. The summed E-state index contributed by atoms with van der Waals surface area (Å²) in [5.74, 6) is -6.51. The number of aldehydes is 1. The molecule has 3 aromatic carbocycles. The molecule has 66 heavy (non-hydrogen) atoms. The topological polar surface area (TPSA) is 341 Å². The fourth-order valence-electron chi connectivity index (χ4n) is 7.16. The molecule has 21 nitrogen and oxygen atoms in total. The largest absolute Gasteiger partial charge is 0.457 e. The van der Waals surface area contributed by atoms with Crippen molar-refractivity contribution in [2.24, 2.45) is 17.4 Å². The van der Waals surface area contributed by atoms with Crippen molar-refractivity contribution in [2.75, 3.05) is 13.7 Å². The maximum absolute atomic E-state index is 14.1. The van der Waals surface area contributed by atoms with Crippen molar-refractivity contribution in [3.05, 3.63) is 75.3 Å². The number of primary amides is 2. The quantitative estimate of drug-likeness (QED) is 0.0875. The molecule has 10 atom stereocenters. The van der Waals surface area contributed by atoms with E-state index in [1.807, 2.05) is 13.8 Å². The number of aliphatic hydroxyl groups excluding tert-OH is 5. The van der Waals surface area contributed by atoms with Gasteiger partial charge in [-0.25, -0.2) is 0 Å². The zero-order valence-electron chi connectivity index (χ0n) is 35.8. The Bertz CT molecular complexity index is 2290. The first-order valence-corrected chi connectivity index (χ1v) is 21.4. The third-order valence-corrected chi connectivity index (χ3v) is 11.2. The fraction of sp³-hybridized carbons (Fsp3) is 0.442. The van der Waals surface area contributed by atoms with Gasteiger partial charge in [0.15, 0.2) is 11.5 Å². The number of benzene rings is 3. The van der Waals surface area contributed by atoms with E-state index < -0.39 is 104 Å². The molecule has 5 amide bonds. The summed E-state index contributed by atoms with van der Waals surface area (Å²) in [7, 11) is 1.53. The number of fused-ring (bicyclic) bond motifs is 9. The third kappa shape index (κ3) is 12.6. The number of ether oxygens (including phenoxy) is 4. The van der Waals surface area contributed by atoms with E-state index in [0.29, 0.717) is 12.7 Å². The number of nitrogens with two attached hydrogens (primary N) is 2. The van der Waals surface area contributed by atoms with Gasteiger partial charge in [-0.05, 0) is 72.5 Å². The number of halogens is 2. The Labute approximate surface area is 388 Å². The van der Waals surface area contributed by atoms with E-state index in [4.69, 9.17) is 53.6 Å². The predicted octanol–water partition coefficient (Wildman–Crippen LogP) is 0.577. The molecule has 23 heteroatoms. The van der Waals surface area contributed by atoms with Gasteiger partial charge >= 0.3 is 0 Å². The van der Waals surface area contributed by atoms with E-state index in [1.165, 1.54) is 55.6 Å². The van der Waals surface area contributed by atoms with E-state index in [2.05, 4.69) is 21.3 Å². The molecule has 3 heterocycles. The van der Waals surface area contributed by atoms with Crippen LogP contribution in [0.2, 0.25) is 10.0 Å². The second-order valence-corrected chi connectivity index (χ2v) is 16.8. The number of nitrogens with one attached hydrogen (secondary N) is 4. The molecule has 0 spiro atoms. The molecule has 358 valence electrons. The summed E-state index contributed by atoms with van der Waals surface area (Å²) >= 11 is 13.4. The number of carbonyl (C=O) groups is 6. The zero-order chi connectivity index (χ0) is 48.6. The van der Waals surface area contributed by atoms with Gasteiger partial charge in [-0.1, -0.05) is 49.2 Å². The van der Waals surface area contributed by atoms with Crippen LogP contribution < -0.4 is 46.9 Å². The molecular formula is C43H52Cl2N6O15. The maximum Gasteiger partial charge on any atom is 0.246 e. The predicted molar refractivity (Wildman–Crippen MR) is 233 cm³/mol. The van der Waals surface area contributed by atoms with Gasteiger partial charge in [-0.3, -0.25) is 24.0 Å². The number of amides is 5. The summed E-state index contributed by atoms with van der Waals surface area (Å²) in [6.45, 7) is 3.01. The lowest BCUT2D eigenvalue weighted by Gasteiger charge is -2.36. The fourth-order valence-corrected chi connectivity index (χ4v) is 7.61. The Hall–Kier alpha value is -5.62. The van der Waals surface area contributed by atoms with E-state index in [1.54, 1.807) is 0 Å². The van der Waals surface area contributed by atoms with E-state index in [9.17, 15) is 54.3 Å². The highest BCUT2D eigenvalue weighted by molar-refractivity contribution is 6.32. The van der Waals surface area contributed by atoms with Crippen molar-refractivity contribution < 1.29 is 73.2 Å². The highest BCUT2D eigenvalue weighted by Crippen LogP contribution is 2.48. The van der Waals surface area contributed by atoms with Gasteiger partial charge in [0.25, 0.3) is 0 Å². The first kappa shape index (κ1) is 51.4. The van der Waals surface area contributed by atoms with Crippen LogP contribution in [0, 0.1) is 5.92 Å². The van der Waals surface area contributed by atoms with Crippen LogP contribution in [0.25, 0.3) is 0 Å². The molecule has 0 aromatic heterocycles. The molecule has 3 aliphatic rings. The highest BCUT2D eigenvalue weighted by Gasteiger charge is 2.40. The Balaban J connectivity index is 1.72. The molecule has 3 aromatic rings. The number of hydrogen-bond donors (Lipinski definition) is 11. The SMILES string of the molecule is CN[C@H](CC(C)C)C(=O)N[C@H]1C(=O)N[C@@H](CC(N)=O)C(=O)N[C@@H](C(N)=O)c2cc(c(O[C@H]3C[C@@H](O)[C@H](O)[C@@H](CO)O3)c(Oc3ccc([C@@H](O)CC=O)cc3Cl)c2)Oc2ccc(cc2Cl)[C@H]1O. The summed E-state index contributed by atoms with van der Waals surface area (Å²) in [5, 5.41) is 63.0. The number of carbonyl (C=O) groups excluding carboxylic acids is 6. The molecule has 1 fully saturated rings. The van der Waals surface area contributed by atoms with Gasteiger partial charge in [-0.2, -0.15) is 0 Å². The summed E-state index contributed by atoms with van der Waals surface area (Å²) in [6, 6.07) is 3.93. The van der Waals surface area contributed by atoms with Crippen LogP contribution in [0.3, 0.4) is 0 Å². The molecule has 13 N–H and O–H groups in total. The second-order valence-electron chi connectivity index (χ2n) is 16.0. The molecule has 4 bridgehead atoms. The summed E-state index contributed by atoms with van der Waals surface area (Å²) in [6.07, 6.45) is -9.40. The van der Waals surface area contributed by atoms with Crippen LogP contribution in [0.1, 0.15) is 74.5 Å². The lowest BCUT2D eigenvalue weighted by atomic mass is 9.98. The Morgan fingerprint density at radius 3 is 2.29 bits per heavy atom. The van der Waals surface area contributed by atoms with Crippen molar-refractivity contribution >= 4 is 59.0 Å². The van der Waals surface area contributed by atoms with Crippen molar-refractivity contribution in [1.82, 2.24) is 21.3 Å². The monoisotopic (exact) mass is 962 g/mol. The number of likely N-dealkylation sites (N-methyl/N-ethyl adjacent to an activating group) is 1. The lowest BCUT2D eigenvalue weighted by Crippen LogP contribution is -2.58. The third-order valence-electron chi connectivity index (χ3n) is 10.6. The average molecular weight is 964 g/mol. The maximum atomic E-state index is 14.1. The molecule has 3 aliphatic heterocycles. The normalized spacial score (nSPS) is 24.3. The summed E-state index contributed by atoms with van der Waals surface area (Å²) in [4.78, 5) is 78.5. The Morgan fingerprint density at radius 2 is 1.68 bits per heavy atom. The Morgan fingerprint density at radius 1 is 0.955 bits per heavy atom. The van der Waals surface area contributed by atoms with Crippen molar-refractivity contribution in [3.8, 4) is 28.7 Å². The van der Waals surface area contributed by atoms with Gasteiger partial charge in [0, 0.05) is 12.8 Å². The van der Waals surface area contributed by atoms with Crippen LogP contribution in [0.15, 0.2) is 48.5 Å². The minimum atomic E-state index is -1.86. The molecule has 0 saturated carbocycles. The summed E-state index contributed by atoms with van der Waals surface area (Å²) < 4.78 is 24.6. The molecular weight excluding hydrogens is 911 g/mol. The van der Waals surface area contributed by atoms with Crippen LogP contribution in [0.4, 0.5) is 0 Å². The van der Waals surface area contributed by atoms with E-state index >= 15 is 0 Å². The van der Waals surface area contributed by atoms with Crippen molar-refractivity contribution in [3.63, 3.8) is 0 Å². The lowest BCUT2D eigenvalue weighted by molar-refractivity contribution is -0.230. The molecule has 1 saturated heterocycles. The first-order chi connectivity index (χ1) is 31.2. The van der Waals surface area contributed by atoms with Crippen molar-refractivity contribution in [2.45, 2.75) is 101 Å². The summed E-state index contributed by atoms with van der Waals surface area (Å²) in [5.41, 5.74) is 11.4. The number of aliphatic hydroxyl groups is 5. The van der Waals surface area contributed by atoms with Gasteiger partial charge in [0.1, 0.15) is 54.2 Å². The Kier molecular flexibility index (Phi) is 17.7. The van der Waals surface area contributed by atoms with Crippen molar-refractivity contribution in [1.29, 1.82) is 0 Å². The van der Waals surface area contributed by atoms with Gasteiger partial charge in [-0.15, -0.1) is 0 Å². The smallest absolute Gasteiger partial charge is 0.246 e. The number of hydrogen-bond acceptors (Lipinski definition) is 16. The van der Waals surface area contributed by atoms with Gasteiger partial charge in [0.05, 0.1) is 41.3 Å². The number of rotatable bonds is 16. The van der Waals surface area contributed by atoms with E-state index in [0.717, 1.165) is 0 Å². The molecule has 0 unspecified atom stereocenters. The van der Waals surface area contributed by atoms with Gasteiger partial charge in [0.2, 0.25) is 41.6 Å². The first-order valence-electron chi connectivity index (χ1n) is 20.6. The standard InChI is InChI=1S/C43H52Cl2N6O15/c1-18(2)10-24(48-3)41(60)51-36-37(57)20-5-7-29(23(45)12-20)64-31-14-21(35(40(47)59)50-42(61)25(15-33(46)56)49-43(36)62)13-30(39(31)66-34-16-27(55)38(58)32(17-53)65-34)63-28-6-4-19(11-22(28)44)26(54)8-9-52/h4-7,9,11-14,18,24-27,32,34-38,48,53-55,57-58H,8,10,15-17H2,1-3H3,(H2,46,56)(H2,47,59)(H,49,62)(H,50,61)(H,51,60)/t24-,25+,26+,27-,32-,34+,35-,36-,37-,38+/m1/s1. The van der Waals surface area contributed by atoms with Gasteiger partial charge < -0.3 is 82.0 Å². The minimum Gasteiger partial charge on any atom is -0.457 e. The highest BCUT2D eigenvalue weighted by atomic mass is 35.5. The minimum absolute atomic E-state index is 0.0247. The van der Waals surface area contributed by atoms with Crippen LogP contribution >= 0.6 is 23.2 Å². The average Bonchev–Trinajstić information content (AvgIpc) is 3.25. The molecule has 0 radical (unpaired) electrons.